The number of nitrogens with two attached hydrogens (primary N) is 1. The maximum atomic E-state index is 10.6. The Kier molecular flexibility index (Phi) is 2.72. The number of carboxylic acid groups (broad SMARTS) is 2. The number of aliphatic carboxylic acids is 1. The maximum absolute atomic E-state index is 10.6. The molecule has 1 rings (SSSR count). The van der Waals surface area contributed by atoms with Gasteiger partial charge in [-0.2, -0.15) is 0 Å². The van der Waals surface area contributed by atoms with Gasteiger partial charge in [0.1, 0.15) is 0 Å². The van der Waals surface area contributed by atoms with Crippen molar-refractivity contribution in [2.45, 2.75) is 12.5 Å². The molecular formula is C7H12N2O4. The van der Waals surface area contributed by atoms with Crippen molar-refractivity contribution < 1.29 is 19.8 Å². The van der Waals surface area contributed by atoms with Crippen molar-refractivity contribution in [2.24, 2.45) is 11.7 Å². The highest BCUT2D eigenvalue weighted by molar-refractivity contribution is 5.72. The molecule has 0 bridgehead atoms. The zero-order chi connectivity index (χ0) is 10.0. The van der Waals surface area contributed by atoms with Gasteiger partial charge in [0.15, 0.2) is 0 Å². The minimum atomic E-state index is -1.11. The Morgan fingerprint density at radius 1 is 1.31 bits per heavy atom. The third-order valence-electron chi connectivity index (χ3n) is 2.10. The predicted octanol–water partition coefficient (Wildman–Crippen LogP) is -0.602. The van der Waals surface area contributed by atoms with Crippen LogP contribution >= 0.6 is 0 Å². The number of hydrogen-bond donors (Lipinski definition) is 3. The first-order chi connectivity index (χ1) is 6.00. The van der Waals surface area contributed by atoms with Crippen LogP contribution in [-0.4, -0.2) is 46.3 Å². The van der Waals surface area contributed by atoms with Crippen molar-refractivity contribution in [1.29, 1.82) is 0 Å². The van der Waals surface area contributed by atoms with Gasteiger partial charge >= 0.3 is 12.1 Å². The summed E-state index contributed by atoms with van der Waals surface area (Å²) in [6, 6.07) is -0.369. The zero-order valence-corrected chi connectivity index (χ0v) is 7.01. The van der Waals surface area contributed by atoms with E-state index >= 15 is 0 Å². The fourth-order valence-corrected chi connectivity index (χ4v) is 1.47. The molecule has 0 aliphatic carbocycles. The van der Waals surface area contributed by atoms with Crippen LogP contribution in [0.1, 0.15) is 6.42 Å². The molecule has 13 heavy (non-hydrogen) atoms. The van der Waals surface area contributed by atoms with E-state index in [1.807, 2.05) is 0 Å². The van der Waals surface area contributed by atoms with Crippen molar-refractivity contribution in [3.63, 3.8) is 0 Å². The second-order valence-electron chi connectivity index (χ2n) is 3.22. The number of carboxylic acids is 1. The molecule has 0 saturated carbocycles. The van der Waals surface area contributed by atoms with Crippen LogP contribution in [0.2, 0.25) is 0 Å². The molecule has 0 aromatic rings. The molecule has 0 aromatic heterocycles. The monoisotopic (exact) mass is 188 g/mol. The topological polar surface area (TPSA) is 104 Å². The van der Waals surface area contributed by atoms with Gasteiger partial charge in [0.05, 0.1) is 5.92 Å². The standard InChI is InChI=1S/C7H12N2O4/c8-5-1-4(6(10)11)2-9(3-5)7(12)13/h4-5H,1-3,8H2,(H,10,11)(H,12,13)/t4-,5?/m1/s1. The highest BCUT2D eigenvalue weighted by Gasteiger charge is 2.31. The Bertz CT molecular complexity index is 209. The molecule has 1 fully saturated rings. The van der Waals surface area contributed by atoms with Crippen LogP contribution in [0.25, 0.3) is 0 Å². The normalized spacial score (nSPS) is 28.5. The van der Waals surface area contributed by atoms with Crippen molar-refractivity contribution in [3.05, 3.63) is 0 Å². The molecule has 0 aromatic carbocycles. The van der Waals surface area contributed by atoms with Gasteiger partial charge in [0.2, 0.25) is 0 Å². The number of hydrogen-bond acceptors (Lipinski definition) is 3. The van der Waals surface area contributed by atoms with Crippen molar-refractivity contribution in [2.75, 3.05) is 13.1 Å². The quantitative estimate of drug-likeness (QED) is 0.509. The van der Waals surface area contributed by atoms with E-state index in [4.69, 9.17) is 15.9 Å². The average molecular weight is 188 g/mol. The molecule has 0 radical (unpaired) electrons. The van der Waals surface area contributed by atoms with Gasteiger partial charge in [-0.3, -0.25) is 4.79 Å². The number of nitrogens with zero attached hydrogens (tertiary/aromatic N) is 1. The summed E-state index contributed by atoms with van der Waals surface area (Å²) in [5.41, 5.74) is 5.52. The molecule has 74 valence electrons. The van der Waals surface area contributed by atoms with Gasteiger partial charge in [0.25, 0.3) is 0 Å². The number of amides is 1. The van der Waals surface area contributed by atoms with E-state index in [0.717, 1.165) is 4.90 Å². The Balaban J connectivity index is 2.62. The summed E-state index contributed by atoms with van der Waals surface area (Å²) in [4.78, 5) is 22.2. The zero-order valence-electron chi connectivity index (χ0n) is 7.01. The fraction of sp³-hybridized carbons (Fsp3) is 0.714. The molecule has 4 N–H and O–H groups in total. The van der Waals surface area contributed by atoms with Crippen LogP contribution in [-0.2, 0) is 4.79 Å². The van der Waals surface area contributed by atoms with Crippen molar-refractivity contribution >= 4 is 12.1 Å². The lowest BCUT2D eigenvalue weighted by molar-refractivity contribution is -0.143. The predicted molar refractivity (Wildman–Crippen MR) is 43.3 cm³/mol. The molecule has 1 amide bonds. The first kappa shape index (κ1) is 9.79. The molecule has 1 aliphatic heterocycles. The molecule has 1 unspecified atom stereocenters. The molecule has 6 heteroatoms. The van der Waals surface area contributed by atoms with Gasteiger partial charge in [0, 0.05) is 19.1 Å². The van der Waals surface area contributed by atoms with Gasteiger partial charge in [-0.1, -0.05) is 0 Å². The SMILES string of the molecule is NC1C[C@@H](C(=O)O)CN(C(=O)O)C1. The summed E-state index contributed by atoms with van der Waals surface area (Å²) in [6.07, 6.45) is -0.763. The third-order valence-corrected chi connectivity index (χ3v) is 2.10. The Labute approximate surface area is 74.9 Å². The number of likely N-dealkylation sites (tertiary alicyclic amines) is 1. The number of carbonyl (C=O) groups is 2. The minimum Gasteiger partial charge on any atom is -0.481 e. The molecule has 1 heterocycles. The summed E-state index contributed by atoms with van der Waals surface area (Å²) in [7, 11) is 0. The molecule has 0 spiro atoms. The number of piperidine rings is 1. The first-order valence-electron chi connectivity index (χ1n) is 3.97. The largest absolute Gasteiger partial charge is 0.481 e. The average Bonchev–Trinajstić information content (AvgIpc) is 2.03. The van der Waals surface area contributed by atoms with E-state index in [9.17, 15) is 9.59 Å². The molecule has 6 nitrogen and oxygen atoms in total. The smallest absolute Gasteiger partial charge is 0.407 e. The van der Waals surface area contributed by atoms with Crippen LogP contribution in [0.4, 0.5) is 4.79 Å². The highest BCUT2D eigenvalue weighted by atomic mass is 16.4. The first-order valence-corrected chi connectivity index (χ1v) is 3.97. The molecule has 1 aliphatic rings. The maximum Gasteiger partial charge on any atom is 0.407 e. The van der Waals surface area contributed by atoms with E-state index in [1.165, 1.54) is 0 Å². The van der Waals surface area contributed by atoms with E-state index in [-0.39, 0.29) is 19.1 Å². The lowest BCUT2D eigenvalue weighted by Gasteiger charge is -2.32. The summed E-state index contributed by atoms with van der Waals surface area (Å²) < 4.78 is 0. The minimum absolute atomic E-state index is 0.0400. The van der Waals surface area contributed by atoms with E-state index in [1.54, 1.807) is 0 Å². The molecule has 2 atom stereocenters. The van der Waals surface area contributed by atoms with Gasteiger partial charge < -0.3 is 20.8 Å². The summed E-state index contributed by atoms with van der Waals surface area (Å²) >= 11 is 0. The Hall–Kier alpha value is -1.30. The third kappa shape index (κ3) is 2.32. The van der Waals surface area contributed by atoms with Gasteiger partial charge in [-0.05, 0) is 6.42 Å². The lowest BCUT2D eigenvalue weighted by Crippen LogP contribution is -2.50. The fourth-order valence-electron chi connectivity index (χ4n) is 1.47. The van der Waals surface area contributed by atoms with Gasteiger partial charge in [-0.15, -0.1) is 0 Å². The van der Waals surface area contributed by atoms with Crippen LogP contribution in [0, 0.1) is 5.92 Å². The van der Waals surface area contributed by atoms with Crippen molar-refractivity contribution in [1.82, 2.24) is 4.90 Å². The van der Waals surface area contributed by atoms with Crippen molar-refractivity contribution in [3.8, 4) is 0 Å². The highest BCUT2D eigenvalue weighted by Crippen LogP contribution is 2.15. The van der Waals surface area contributed by atoms with E-state index in [2.05, 4.69) is 0 Å². The molecule has 1 saturated heterocycles. The number of rotatable bonds is 1. The second kappa shape index (κ2) is 3.61. The van der Waals surface area contributed by atoms with Crippen LogP contribution in [0.5, 0.6) is 0 Å². The van der Waals surface area contributed by atoms with Crippen LogP contribution in [0.15, 0.2) is 0 Å². The van der Waals surface area contributed by atoms with Gasteiger partial charge in [-0.25, -0.2) is 4.79 Å². The summed E-state index contributed by atoms with van der Waals surface area (Å²) in [5.74, 6) is -1.65. The van der Waals surface area contributed by atoms with Crippen LogP contribution < -0.4 is 5.73 Å². The Morgan fingerprint density at radius 2 is 1.92 bits per heavy atom. The van der Waals surface area contributed by atoms with E-state index < -0.39 is 18.0 Å². The lowest BCUT2D eigenvalue weighted by atomic mass is 9.95. The Morgan fingerprint density at radius 3 is 2.38 bits per heavy atom. The van der Waals surface area contributed by atoms with Crippen LogP contribution in [0.3, 0.4) is 0 Å². The van der Waals surface area contributed by atoms with E-state index in [0.29, 0.717) is 6.42 Å². The summed E-state index contributed by atoms with van der Waals surface area (Å²) in [5, 5.41) is 17.3. The summed E-state index contributed by atoms with van der Waals surface area (Å²) in [6.45, 7) is 0.261. The second-order valence-corrected chi connectivity index (χ2v) is 3.22. The molecular weight excluding hydrogens is 176 g/mol.